The molecule has 2 aromatic heterocycles. The molecule has 3 saturated heterocycles. The van der Waals surface area contributed by atoms with Gasteiger partial charge < -0.3 is 44.6 Å². The van der Waals surface area contributed by atoms with Crippen molar-refractivity contribution < 1.29 is 33.4 Å². The number of nitrogens with zero attached hydrogens (tertiary/aromatic N) is 4. The SMILES string of the molecule is COC(=O)N[C@H](C(=O)N1C2C[C@@H]2C[C@H]1c1nc2cc(CCc3ccc4c(ccc5[nH]c([C@@H]6C[C@H]7C[C@@]7(I)N6C(=O)[C@@H](NC(=O)OC)C6CCOCC6)nc54)c3)ccc2[nH]1)C(C)C. The first-order valence-electron chi connectivity index (χ1n) is 21.9. The fraction of sp³-hybridized carbons (Fsp3) is 0.522. The van der Waals surface area contributed by atoms with Crippen molar-refractivity contribution in [1.29, 1.82) is 0 Å². The molecule has 5 aliphatic rings. The zero-order valence-corrected chi connectivity index (χ0v) is 37.6. The number of likely N-dealkylation sites (tertiary alicyclic amines) is 2. The van der Waals surface area contributed by atoms with Gasteiger partial charge in [-0.3, -0.25) is 9.59 Å². The molecule has 62 heavy (non-hydrogen) atoms. The van der Waals surface area contributed by atoms with Crippen LogP contribution in [0.2, 0.25) is 0 Å². The number of imidazole rings is 2. The Bertz CT molecular complexity index is 2590. The zero-order chi connectivity index (χ0) is 43.0. The number of hydrogen-bond acceptors (Lipinski definition) is 9. The van der Waals surface area contributed by atoms with Crippen LogP contribution in [0.3, 0.4) is 0 Å². The van der Waals surface area contributed by atoms with Crippen LogP contribution in [0.15, 0.2) is 48.5 Å². The lowest BCUT2D eigenvalue weighted by atomic mass is 9.90. The van der Waals surface area contributed by atoms with Gasteiger partial charge in [-0.15, -0.1) is 0 Å². The van der Waals surface area contributed by atoms with E-state index in [9.17, 15) is 19.2 Å². The number of halogens is 1. The molecule has 4 amide bonds. The van der Waals surface area contributed by atoms with Crippen molar-refractivity contribution in [1.82, 2.24) is 40.4 Å². The summed E-state index contributed by atoms with van der Waals surface area (Å²) in [5.74, 6) is 2.07. The number of carbonyl (C=O) groups is 4. The quantitative estimate of drug-likeness (QED) is 0.0616. The number of aryl methyl sites for hydroxylation is 2. The number of alkyl halides is 1. The van der Waals surface area contributed by atoms with E-state index >= 15 is 0 Å². The number of aromatic nitrogens is 4. The lowest BCUT2D eigenvalue weighted by Gasteiger charge is -2.37. The number of methoxy groups -OCH3 is 2. The van der Waals surface area contributed by atoms with Crippen LogP contribution in [0, 0.1) is 23.7 Å². The average molecular weight is 957 g/mol. The van der Waals surface area contributed by atoms with Crippen molar-refractivity contribution >= 4 is 79.4 Å². The van der Waals surface area contributed by atoms with Crippen molar-refractivity contribution in [2.24, 2.45) is 23.7 Å². The minimum absolute atomic E-state index is 0.0384. The molecular weight excluding hydrogens is 903 g/mol. The Morgan fingerprint density at radius 1 is 0.855 bits per heavy atom. The van der Waals surface area contributed by atoms with E-state index in [0.717, 1.165) is 83.0 Å². The molecule has 0 spiro atoms. The predicted molar refractivity (Wildman–Crippen MR) is 239 cm³/mol. The molecule has 10 rings (SSSR count). The Hall–Kier alpha value is -4.97. The topological polar surface area (TPSA) is 184 Å². The minimum atomic E-state index is -0.699. The second-order valence-electron chi connectivity index (χ2n) is 18.3. The van der Waals surface area contributed by atoms with Gasteiger partial charge in [0.05, 0.1) is 51.9 Å². The Balaban J connectivity index is 0.846. The molecule has 2 saturated carbocycles. The number of benzene rings is 3. The number of aromatic amines is 2. The number of hydrogen-bond donors (Lipinski definition) is 4. The minimum Gasteiger partial charge on any atom is -0.453 e. The highest BCUT2D eigenvalue weighted by molar-refractivity contribution is 14.1. The van der Waals surface area contributed by atoms with Gasteiger partial charge in [0.25, 0.3) is 0 Å². The maximum Gasteiger partial charge on any atom is 0.407 e. The number of piperidine rings is 2. The van der Waals surface area contributed by atoms with Crippen LogP contribution in [0.1, 0.15) is 87.2 Å². The second-order valence-corrected chi connectivity index (χ2v) is 20.1. The maximum absolute atomic E-state index is 14.5. The van der Waals surface area contributed by atoms with Crippen LogP contribution in [0.4, 0.5) is 9.59 Å². The zero-order valence-electron chi connectivity index (χ0n) is 35.4. The molecule has 3 aromatic carbocycles. The monoisotopic (exact) mass is 956 g/mol. The number of ether oxygens (including phenoxy) is 3. The number of nitrogens with one attached hydrogen (secondary N) is 4. The van der Waals surface area contributed by atoms with Crippen molar-refractivity contribution in [2.75, 3.05) is 27.4 Å². The van der Waals surface area contributed by atoms with E-state index in [1.54, 1.807) is 0 Å². The van der Waals surface area contributed by atoms with Gasteiger partial charge in [0.1, 0.15) is 23.7 Å². The molecule has 4 N–H and O–H groups in total. The van der Waals surface area contributed by atoms with Crippen molar-refractivity contribution in [2.45, 2.75) is 99.0 Å². The fourth-order valence-electron chi connectivity index (χ4n) is 10.6. The molecule has 15 nitrogen and oxygen atoms in total. The lowest BCUT2D eigenvalue weighted by molar-refractivity contribution is -0.138. The Kier molecular flexibility index (Phi) is 10.6. The highest BCUT2D eigenvalue weighted by Crippen LogP contribution is 2.66. The van der Waals surface area contributed by atoms with Crippen LogP contribution in [0.25, 0.3) is 32.8 Å². The van der Waals surface area contributed by atoms with Gasteiger partial charge in [0, 0.05) is 24.6 Å². The molecule has 1 unspecified atom stereocenters. The number of rotatable bonds is 11. The summed E-state index contributed by atoms with van der Waals surface area (Å²) < 4.78 is 15.1. The highest BCUT2D eigenvalue weighted by Gasteiger charge is 2.67. The van der Waals surface area contributed by atoms with Crippen LogP contribution in [-0.4, -0.2) is 103 Å². The molecule has 5 heterocycles. The molecule has 0 bridgehead atoms. The largest absolute Gasteiger partial charge is 0.453 e. The summed E-state index contributed by atoms with van der Waals surface area (Å²) in [7, 11) is 2.63. The van der Waals surface area contributed by atoms with Crippen molar-refractivity contribution in [3.63, 3.8) is 0 Å². The van der Waals surface area contributed by atoms with E-state index in [0.29, 0.717) is 37.9 Å². The summed E-state index contributed by atoms with van der Waals surface area (Å²) in [5.41, 5.74) is 6.01. The second kappa shape index (κ2) is 16.0. The Morgan fingerprint density at radius 3 is 2.31 bits per heavy atom. The smallest absolute Gasteiger partial charge is 0.407 e. The Morgan fingerprint density at radius 2 is 1.55 bits per heavy atom. The van der Waals surface area contributed by atoms with Crippen molar-refractivity contribution in [3.05, 3.63) is 71.3 Å². The molecule has 16 heteroatoms. The van der Waals surface area contributed by atoms with E-state index in [1.807, 2.05) is 23.6 Å². The third kappa shape index (κ3) is 7.33. The van der Waals surface area contributed by atoms with Crippen LogP contribution in [-0.2, 0) is 36.6 Å². The van der Waals surface area contributed by atoms with E-state index in [4.69, 9.17) is 24.2 Å². The van der Waals surface area contributed by atoms with E-state index in [1.165, 1.54) is 25.3 Å². The number of fused-ring (bicyclic) bond motifs is 6. The first-order valence-corrected chi connectivity index (χ1v) is 23.0. The van der Waals surface area contributed by atoms with Gasteiger partial charge >= 0.3 is 12.2 Å². The average Bonchev–Trinajstić information content (AvgIpc) is 3.84. The highest BCUT2D eigenvalue weighted by atomic mass is 127. The normalized spacial score (nSPS) is 26.4. The van der Waals surface area contributed by atoms with Gasteiger partial charge in [-0.05, 0) is 110 Å². The third-order valence-corrected chi connectivity index (χ3v) is 16.0. The molecule has 8 atom stereocenters. The summed E-state index contributed by atoms with van der Waals surface area (Å²) in [6.07, 6.45) is 5.43. The Labute approximate surface area is 372 Å². The van der Waals surface area contributed by atoms with Gasteiger partial charge in [-0.1, -0.05) is 66.8 Å². The fourth-order valence-corrected chi connectivity index (χ4v) is 11.9. The van der Waals surface area contributed by atoms with Gasteiger partial charge in [-0.2, -0.15) is 0 Å². The predicted octanol–water partition coefficient (Wildman–Crippen LogP) is 7.00. The summed E-state index contributed by atoms with van der Waals surface area (Å²) in [6.45, 7) is 4.98. The molecular formula is C46H53IN8O7. The molecule has 0 radical (unpaired) electrons. The molecule has 326 valence electrons. The van der Waals surface area contributed by atoms with Gasteiger partial charge in [0.2, 0.25) is 11.8 Å². The lowest BCUT2D eigenvalue weighted by Crippen LogP contribution is -2.55. The van der Waals surface area contributed by atoms with Crippen LogP contribution >= 0.6 is 22.6 Å². The van der Waals surface area contributed by atoms with Gasteiger partial charge in [0.15, 0.2) is 0 Å². The summed E-state index contributed by atoms with van der Waals surface area (Å²) in [5, 5.41) is 7.79. The summed E-state index contributed by atoms with van der Waals surface area (Å²) in [6, 6.07) is 15.5. The molecule has 5 fully saturated rings. The van der Waals surface area contributed by atoms with E-state index < -0.39 is 24.3 Å². The number of alkyl carbamates (subject to hydrolysis) is 2. The van der Waals surface area contributed by atoms with Crippen LogP contribution < -0.4 is 10.6 Å². The number of carbonyl (C=O) groups excluding carboxylic acids is 4. The number of H-pyrrole nitrogens is 2. The van der Waals surface area contributed by atoms with Crippen LogP contribution in [0.5, 0.6) is 0 Å². The molecule has 5 aromatic rings. The first kappa shape index (κ1) is 41.1. The maximum atomic E-state index is 14.5. The van der Waals surface area contributed by atoms with Crippen molar-refractivity contribution in [3.8, 4) is 0 Å². The summed E-state index contributed by atoms with van der Waals surface area (Å²) in [4.78, 5) is 74.3. The van der Waals surface area contributed by atoms with E-state index in [2.05, 4.69) is 91.7 Å². The molecule has 3 aliphatic heterocycles. The van der Waals surface area contributed by atoms with Gasteiger partial charge in [-0.25, -0.2) is 19.6 Å². The number of amides is 4. The third-order valence-electron chi connectivity index (χ3n) is 14.1. The first-order chi connectivity index (χ1) is 29.9. The summed E-state index contributed by atoms with van der Waals surface area (Å²) >= 11 is 2.44. The molecule has 2 aliphatic carbocycles. The van der Waals surface area contributed by atoms with E-state index in [-0.39, 0.29) is 45.3 Å². The standard InChI is InChI=1S/C46H53IN8O7/c1-23(2)37(52-44(58)60-3)42(56)54-34-19-28(34)20-35(54)40-48-31-11-8-25(18-33(31)50-40)6-5-24-7-10-30-27(17-24)9-12-32-39(30)51-41(49-32)36-21-29-22-46(29,47)55(36)43(57)38(53-45(59)61-4)26-13-15-62-16-14-26/h7-12,17-18,23,26,28-29,34-38H,5-6,13-16,19-22H2,1-4H3,(H,48,50)(H,49,51)(H,52,58)(H,53,59)/t28-,29+,34?,35+,36+,37+,38+,46-/m1/s1.